The first-order chi connectivity index (χ1) is 6.74. The molecule has 5 nitrogen and oxygen atoms in total. The molecule has 1 aliphatic rings. The third-order valence-electron chi connectivity index (χ3n) is 2.55. The molecular formula is C9H10N4O. The third kappa shape index (κ3) is 1.02. The molecule has 0 unspecified atom stereocenters. The Morgan fingerprint density at radius 2 is 2.21 bits per heavy atom. The summed E-state index contributed by atoms with van der Waals surface area (Å²) in [6.45, 7) is 0. The SMILES string of the molecule is Nc1nc2[nH]c(C3CC3)cc2c(=O)[nH]1. The number of fused-ring (bicyclic) bond motifs is 1. The van der Waals surface area contributed by atoms with Gasteiger partial charge in [0.15, 0.2) is 0 Å². The Kier molecular flexibility index (Phi) is 1.29. The Bertz CT molecular complexity index is 549. The number of hydrogen-bond donors (Lipinski definition) is 3. The summed E-state index contributed by atoms with van der Waals surface area (Å²) in [5.41, 5.74) is 6.96. The summed E-state index contributed by atoms with van der Waals surface area (Å²) in [6.07, 6.45) is 2.39. The van der Waals surface area contributed by atoms with Crippen LogP contribution in [0.2, 0.25) is 0 Å². The summed E-state index contributed by atoms with van der Waals surface area (Å²) in [7, 11) is 0. The van der Waals surface area contributed by atoms with Crippen molar-refractivity contribution in [3.05, 3.63) is 22.1 Å². The van der Waals surface area contributed by atoms with E-state index < -0.39 is 0 Å². The summed E-state index contributed by atoms with van der Waals surface area (Å²) >= 11 is 0. The summed E-state index contributed by atoms with van der Waals surface area (Å²) in [4.78, 5) is 21.1. The van der Waals surface area contributed by atoms with Crippen molar-refractivity contribution < 1.29 is 0 Å². The lowest BCUT2D eigenvalue weighted by molar-refractivity contribution is 1.05. The standard InChI is InChI=1S/C9H10N4O/c10-9-12-7-5(8(14)13-9)3-6(11-7)4-1-2-4/h3-4H,1-2H2,(H4,10,11,12,13,14). The molecule has 0 saturated heterocycles. The van der Waals surface area contributed by atoms with Crippen molar-refractivity contribution in [1.82, 2.24) is 15.0 Å². The van der Waals surface area contributed by atoms with E-state index in [9.17, 15) is 4.79 Å². The number of anilines is 1. The molecule has 0 atom stereocenters. The molecule has 0 aliphatic heterocycles. The zero-order chi connectivity index (χ0) is 9.71. The van der Waals surface area contributed by atoms with Crippen LogP contribution in [0.3, 0.4) is 0 Å². The van der Waals surface area contributed by atoms with Gasteiger partial charge in [0.2, 0.25) is 5.95 Å². The van der Waals surface area contributed by atoms with Gasteiger partial charge in [-0.05, 0) is 24.8 Å². The molecule has 2 heterocycles. The average Bonchev–Trinajstić information content (AvgIpc) is 2.87. The second kappa shape index (κ2) is 2.37. The quantitative estimate of drug-likeness (QED) is 0.618. The molecule has 1 aliphatic carbocycles. The number of nitrogens with zero attached hydrogens (tertiary/aromatic N) is 1. The fourth-order valence-electron chi connectivity index (χ4n) is 1.67. The van der Waals surface area contributed by atoms with Gasteiger partial charge in [-0.25, -0.2) is 0 Å². The lowest BCUT2D eigenvalue weighted by Gasteiger charge is -1.91. The molecular weight excluding hydrogens is 180 g/mol. The molecule has 1 saturated carbocycles. The van der Waals surface area contributed by atoms with Gasteiger partial charge in [0.25, 0.3) is 5.56 Å². The Hall–Kier alpha value is -1.78. The van der Waals surface area contributed by atoms with Crippen LogP contribution in [0.1, 0.15) is 24.5 Å². The van der Waals surface area contributed by atoms with E-state index in [0.717, 1.165) is 5.69 Å². The molecule has 0 bridgehead atoms. The van der Waals surface area contributed by atoms with Gasteiger partial charge in [0, 0.05) is 5.69 Å². The average molecular weight is 190 g/mol. The van der Waals surface area contributed by atoms with E-state index in [0.29, 0.717) is 17.0 Å². The van der Waals surface area contributed by atoms with E-state index >= 15 is 0 Å². The van der Waals surface area contributed by atoms with Crippen LogP contribution >= 0.6 is 0 Å². The number of aromatic nitrogens is 3. The highest BCUT2D eigenvalue weighted by Gasteiger charge is 2.25. The summed E-state index contributed by atoms with van der Waals surface area (Å²) in [5, 5.41) is 0.598. The van der Waals surface area contributed by atoms with E-state index in [4.69, 9.17) is 5.73 Å². The van der Waals surface area contributed by atoms with Crippen molar-refractivity contribution in [2.45, 2.75) is 18.8 Å². The van der Waals surface area contributed by atoms with Crippen LogP contribution in [0, 0.1) is 0 Å². The van der Waals surface area contributed by atoms with E-state index in [1.54, 1.807) is 0 Å². The maximum atomic E-state index is 11.5. The summed E-state index contributed by atoms with van der Waals surface area (Å²) in [5.74, 6) is 0.747. The third-order valence-corrected chi connectivity index (χ3v) is 2.55. The van der Waals surface area contributed by atoms with Crippen LogP contribution in [-0.2, 0) is 0 Å². The summed E-state index contributed by atoms with van der Waals surface area (Å²) in [6, 6.07) is 1.87. The van der Waals surface area contributed by atoms with Crippen LogP contribution in [0.4, 0.5) is 5.95 Å². The van der Waals surface area contributed by atoms with Crippen molar-refractivity contribution in [3.63, 3.8) is 0 Å². The van der Waals surface area contributed by atoms with Gasteiger partial charge in [-0.15, -0.1) is 0 Å². The minimum Gasteiger partial charge on any atom is -0.369 e. The second-order valence-corrected chi connectivity index (χ2v) is 3.71. The number of nitrogen functional groups attached to an aromatic ring is 1. The van der Waals surface area contributed by atoms with Crippen LogP contribution in [0.25, 0.3) is 11.0 Å². The smallest absolute Gasteiger partial charge is 0.261 e. The van der Waals surface area contributed by atoms with Crippen molar-refractivity contribution in [1.29, 1.82) is 0 Å². The first-order valence-corrected chi connectivity index (χ1v) is 4.62. The summed E-state index contributed by atoms with van der Waals surface area (Å²) < 4.78 is 0. The monoisotopic (exact) mass is 190 g/mol. The number of H-pyrrole nitrogens is 2. The minimum absolute atomic E-state index is 0.159. The maximum absolute atomic E-state index is 11.5. The van der Waals surface area contributed by atoms with Gasteiger partial charge in [0.1, 0.15) is 5.65 Å². The lowest BCUT2D eigenvalue weighted by Crippen LogP contribution is -2.09. The Labute approximate surface area is 79.4 Å². The predicted octanol–water partition coefficient (Wildman–Crippen LogP) is 0.711. The van der Waals surface area contributed by atoms with Gasteiger partial charge in [-0.1, -0.05) is 0 Å². The Balaban J connectivity index is 2.31. The number of nitrogens with two attached hydrogens (primary N) is 1. The lowest BCUT2D eigenvalue weighted by atomic mass is 10.3. The highest BCUT2D eigenvalue weighted by molar-refractivity contribution is 5.76. The highest BCUT2D eigenvalue weighted by atomic mass is 16.1. The van der Waals surface area contributed by atoms with Gasteiger partial charge in [-0.2, -0.15) is 4.98 Å². The Morgan fingerprint density at radius 3 is 2.93 bits per heavy atom. The number of hydrogen-bond acceptors (Lipinski definition) is 3. The van der Waals surface area contributed by atoms with E-state index in [1.807, 2.05) is 6.07 Å². The molecule has 0 aromatic carbocycles. The predicted molar refractivity (Wildman–Crippen MR) is 53.1 cm³/mol. The number of rotatable bonds is 1. The molecule has 5 heteroatoms. The zero-order valence-corrected chi connectivity index (χ0v) is 7.50. The highest BCUT2D eigenvalue weighted by Crippen LogP contribution is 2.39. The maximum Gasteiger partial charge on any atom is 0.261 e. The fourth-order valence-corrected chi connectivity index (χ4v) is 1.67. The molecule has 0 amide bonds. The first kappa shape index (κ1) is 7.61. The topological polar surface area (TPSA) is 87.6 Å². The van der Waals surface area contributed by atoms with Crippen LogP contribution in [-0.4, -0.2) is 15.0 Å². The van der Waals surface area contributed by atoms with Gasteiger partial charge in [0.05, 0.1) is 5.39 Å². The van der Waals surface area contributed by atoms with Crippen LogP contribution in [0.15, 0.2) is 10.9 Å². The molecule has 14 heavy (non-hydrogen) atoms. The second-order valence-electron chi connectivity index (χ2n) is 3.71. The fraction of sp³-hybridized carbons (Fsp3) is 0.333. The molecule has 4 N–H and O–H groups in total. The van der Waals surface area contributed by atoms with Crippen molar-refractivity contribution in [2.75, 3.05) is 5.73 Å². The first-order valence-electron chi connectivity index (χ1n) is 4.62. The van der Waals surface area contributed by atoms with E-state index in [1.165, 1.54) is 12.8 Å². The molecule has 72 valence electrons. The van der Waals surface area contributed by atoms with E-state index in [-0.39, 0.29) is 11.5 Å². The minimum atomic E-state index is -0.171. The van der Waals surface area contributed by atoms with Crippen molar-refractivity contribution in [3.8, 4) is 0 Å². The molecule has 1 fully saturated rings. The number of nitrogens with one attached hydrogen (secondary N) is 2. The van der Waals surface area contributed by atoms with Crippen molar-refractivity contribution >= 4 is 17.0 Å². The number of aromatic amines is 2. The van der Waals surface area contributed by atoms with Gasteiger partial charge < -0.3 is 10.7 Å². The van der Waals surface area contributed by atoms with Gasteiger partial charge >= 0.3 is 0 Å². The Morgan fingerprint density at radius 1 is 1.43 bits per heavy atom. The largest absolute Gasteiger partial charge is 0.369 e. The molecule has 0 spiro atoms. The van der Waals surface area contributed by atoms with E-state index in [2.05, 4.69) is 15.0 Å². The molecule has 2 aromatic rings. The van der Waals surface area contributed by atoms with Gasteiger partial charge in [-0.3, -0.25) is 9.78 Å². The molecule has 2 aromatic heterocycles. The molecule has 3 rings (SSSR count). The molecule has 0 radical (unpaired) electrons. The normalized spacial score (nSPS) is 16.3. The van der Waals surface area contributed by atoms with Crippen LogP contribution in [0.5, 0.6) is 0 Å². The van der Waals surface area contributed by atoms with Crippen LogP contribution < -0.4 is 11.3 Å². The zero-order valence-electron chi connectivity index (χ0n) is 7.50. The van der Waals surface area contributed by atoms with Crippen molar-refractivity contribution in [2.24, 2.45) is 0 Å².